The van der Waals surface area contributed by atoms with Crippen LogP contribution in [0.1, 0.15) is 17.2 Å². The molecule has 1 aromatic carbocycles. The van der Waals surface area contributed by atoms with Crippen molar-refractivity contribution in [3.8, 4) is 11.5 Å². The van der Waals surface area contributed by atoms with Crippen molar-refractivity contribution in [2.75, 3.05) is 13.2 Å². The van der Waals surface area contributed by atoms with E-state index in [4.69, 9.17) is 9.47 Å². The summed E-state index contributed by atoms with van der Waals surface area (Å²) < 4.78 is 12.7. The van der Waals surface area contributed by atoms with Gasteiger partial charge in [0.05, 0.1) is 6.21 Å². The first-order valence-electron chi connectivity index (χ1n) is 6.06. The number of aryl methyl sites for hydroxylation is 2. The molecule has 0 N–H and O–H groups in total. The second-order valence-electron chi connectivity index (χ2n) is 4.25. The van der Waals surface area contributed by atoms with Gasteiger partial charge in [0.2, 0.25) is 0 Å². The van der Waals surface area contributed by atoms with E-state index < -0.39 is 0 Å². The number of benzene rings is 1. The van der Waals surface area contributed by atoms with Crippen LogP contribution in [0, 0.1) is 13.8 Å². The number of hydrogen-bond donors (Lipinski definition) is 0. The van der Waals surface area contributed by atoms with Crippen molar-refractivity contribution in [2.45, 2.75) is 13.8 Å². The van der Waals surface area contributed by atoms with Crippen LogP contribution in [0.4, 0.5) is 0 Å². The van der Waals surface area contributed by atoms with E-state index in [9.17, 15) is 0 Å². The van der Waals surface area contributed by atoms with Crippen molar-refractivity contribution in [3.63, 3.8) is 0 Å². The second kappa shape index (κ2) is 4.72. The number of ether oxygens (including phenoxy) is 2. The SMILES string of the molecule is Cc1nnc(C)n1N=Cc1ccc2c(c1)OCCO2. The van der Waals surface area contributed by atoms with Crippen LogP contribution in [-0.4, -0.2) is 34.3 Å². The molecular weight excluding hydrogens is 244 g/mol. The minimum atomic E-state index is 0.581. The molecule has 1 aromatic heterocycles. The van der Waals surface area contributed by atoms with Crippen LogP contribution in [-0.2, 0) is 0 Å². The Labute approximate surface area is 110 Å². The van der Waals surface area contributed by atoms with Crippen molar-refractivity contribution in [3.05, 3.63) is 35.4 Å². The van der Waals surface area contributed by atoms with Crippen molar-refractivity contribution >= 4 is 6.21 Å². The summed E-state index contributed by atoms with van der Waals surface area (Å²) in [5.41, 5.74) is 0.941. The van der Waals surface area contributed by atoms with E-state index in [1.54, 1.807) is 10.9 Å². The molecule has 2 aromatic rings. The number of fused-ring (bicyclic) bond motifs is 1. The lowest BCUT2D eigenvalue weighted by atomic mass is 10.2. The molecule has 98 valence electrons. The quantitative estimate of drug-likeness (QED) is 0.767. The Hall–Kier alpha value is -2.37. The minimum absolute atomic E-state index is 0.581. The highest BCUT2D eigenvalue weighted by Crippen LogP contribution is 2.30. The highest BCUT2D eigenvalue weighted by molar-refractivity contribution is 5.80. The van der Waals surface area contributed by atoms with E-state index in [-0.39, 0.29) is 0 Å². The van der Waals surface area contributed by atoms with Gasteiger partial charge in [0.25, 0.3) is 0 Å². The maximum Gasteiger partial charge on any atom is 0.162 e. The Morgan fingerprint density at radius 2 is 1.79 bits per heavy atom. The lowest BCUT2D eigenvalue weighted by molar-refractivity contribution is 0.171. The Balaban J connectivity index is 1.87. The van der Waals surface area contributed by atoms with Crippen molar-refractivity contribution < 1.29 is 9.47 Å². The molecule has 0 saturated heterocycles. The van der Waals surface area contributed by atoms with Gasteiger partial charge in [0.15, 0.2) is 23.1 Å². The predicted molar refractivity (Wildman–Crippen MR) is 69.9 cm³/mol. The molecular formula is C13H14N4O2. The first-order valence-corrected chi connectivity index (χ1v) is 6.06. The largest absolute Gasteiger partial charge is 0.486 e. The minimum Gasteiger partial charge on any atom is -0.486 e. The lowest BCUT2D eigenvalue weighted by Crippen LogP contribution is -2.15. The first-order chi connectivity index (χ1) is 9.24. The van der Waals surface area contributed by atoms with Gasteiger partial charge in [0, 0.05) is 0 Å². The summed E-state index contributed by atoms with van der Waals surface area (Å²) in [6.45, 7) is 4.90. The van der Waals surface area contributed by atoms with E-state index >= 15 is 0 Å². The summed E-state index contributed by atoms with van der Waals surface area (Å²) in [4.78, 5) is 0. The standard InChI is InChI=1S/C13H14N4O2/c1-9-15-16-10(2)17(9)14-8-11-3-4-12-13(7-11)19-6-5-18-12/h3-4,7-8H,5-6H2,1-2H3. The van der Waals surface area contributed by atoms with E-state index in [1.165, 1.54) is 0 Å². The maximum absolute atomic E-state index is 5.53. The molecule has 19 heavy (non-hydrogen) atoms. The Morgan fingerprint density at radius 3 is 2.53 bits per heavy atom. The van der Waals surface area contributed by atoms with Gasteiger partial charge in [-0.1, -0.05) is 0 Å². The van der Waals surface area contributed by atoms with Gasteiger partial charge in [-0.2, -0.15) is 5.10 Å². The van der Waals surface area contributed by atoms with Crippen LogP contribution in [0.15, 0.2) is 23.3 Å². The Kier molecular flexibility index (Phi) is 2.91. The summed E-state index contributed by atoms with van der Waals surface area (Å²) in [7, 11) is 0. The monoisotopic (exact) mass is 258 g/mol. The zero-order chi connectivity index (χ0) is 13.2. The lowest BCUT2D eigenvalue weighted by Gasteiger charge is -2.18. The Bertz CT molecular complexity index is 614. The third-order valence-corrected chi connectivity index (χ3v) is 2.84. The number of hydrogen-bond acceptors (Lipinski definition) is 5. The second-order valence-corrected chi connectivity index (χ2v) is 4.25. The molecule has 3 rings (SSSR count). The van der Waals surface area contributed by atoms with Crippen LogP contribution in [0.3, 0.4) is 0 Å². The summed E-state index contributed by atoms with van der Waals surface area (Å²) in [6.07, 6.45) is 1.75. The average molecular weight is 258 g/mol. The van der Waals surface area contributed by atoms with Crippen molar-refractivity contribution in [2.24, 2.45) is 5.10 Å². The van der Waals surface area contributed by atoms with E-state index in [0.29, 0.717) is 13.2 Å². The number of rotatable bonds is 2. The molecule has 1 aliphatic rings. The van der Waals surface area contributed by atoms with Crippen LogP contribution in [0.2, 0.25) is 0 Å². The molecule has 0 fully saturated rings. The summed E-state index contributed by atoms with van der Waals surface area (Å²) >= 11 is 0. The molecule has 0 radical (unpaired) electrons. The molecule has 0 unspecified atom stereocenters. The normalized spacial score (nSPS) is 14.0. The molecule has 2 heterocycles. The number of aromatic nitrogens is 3. The molecule has 6 heteroatoms. The molecule has 1 aliphatic heterocycles. The molecule has 6 nitrogen and oxygen atoms in total. The van der Waals surface area contributed by atoms with Crippen LogP contribution >= 0.6 is 0 Å². The van der Waals surface area contributed by atoms with E-state index in [1.807, 2.05) is 32.0 Å². The third-order valence-electron chi connectivity index (χ3n) is 2.84. The summed E-state index contributed by atoms with van der Waals surface area (Å²) in [5.74, 6) is 3.05. The smallest absolute Gasteiger partial charge is 0.162 e. The van der Waals surface area contributed by atoms with Gasteiger partial charge in [-0.3, -0.25) is 0 Å². The molecule has 0 bridgehead atoms. The van der Waals surface area contributed by atoms with Crippen LogP contribution in [0.5, 0.6) is 11.5 Å². The Morgan fingerprint density at radius 1 is 1.11 bits per heavy atom. The zero-order valence-corrected chi connectivity index (χ0v) is 10.8. The molecule has 0 amide bonds. The number of nitrogens with zero attached hydrogens (tertiary/aromatic N) is 4. The molecule has 0 saturated carbocycles. The van der Waals surface area contributed by atoms with E-state index in [2.05, 4.69) is 15.3 Å². The van der Waals surface area contributed by atoms with E-state index in [0.717, 1.165) is 28.7 Å². The van der Waals surface area contributed by atoms with Gasteiger partial charge in [-0.25, -0.2) is 4.68 Å². The molecule has 0 atom stereocenters. The average Bonchev–Trinajstić information content (AvgIpc) is 2.76. The summed E-state index contributed by atoms with van der Waals surface area (Å²) in [5, 5.41) is 12.3. The van der Waals surface area contributed by atoms with Gasteiger partial charge >= 0.3 is 0 Å². The van der Waals surface area contributed by atoms with Gasteiger partial charge in [0.1, 0.15) is 13.2 Å². The molecule has 0 aliphatic carbocycles. The third kappa shape index (κ3) is 2.29. The predicted octanol–water partition coefficient (Wildman–Crippen LogP) is 1.55. The van der Waals surface area contributed by atoms with Gasteiger partial charge < -0.3 is 9.47 Å². The van der Waals surface area contributed by atoms with Crippen LogP contribution < -0.4 is 9.47 Å². The molecule has 0 spiro atoms. The fraction of sp³-hybridized carbons (Fsp3) is 0.308. The van der Waals surface area contributed by atoms with Gasteiger partial charge in [-0.15, -0.1) is 10.2 Å². The fourth-order valence-electron chi connectivity index (χ4n) is 1.90. The topological polar surface area (TPSA) is 61.5 Å². The first kappa shape index (κ1) is 11.7. The van der Waals surface area contributed by atoms with Gasteiger partial charge in [-0.05, 0) is 37.6 Å². The highest BCUT2D eigenvalue weighted by atomic mass is 16.6. The van der Waals surface area contributed by atoms with Crippen LogP contribution in [0.25, 0.3) is 0 Å². The van der Waals surface area contributed by atoms with Crippen molar-refractivity contribution in [1.82, 2.24) is 14.9 Å². The highest BCUT2D eigenvalue weighted by Gasteiger charge is 2.11. The fourth-order valence-corrected chi connectivity index (χ4v) is 1.90. The summed E-state index contributed by atoms with van der Waals surface area (Å²) in [6, 6.07) is 5.74. The van der Waals surface area contributed by atoms with Crippen molar-refractivity contribution in [1.29, 1.82) is 0 Å². The zero-order valence-electron chi connectivity index (χ0n) is 10.8. The maximum atomic E-state index is 5.53.